The quantitative estimate of drug-likeness (QED) is 0.421. The van der Waals surface area contributed by atoms with Crippen molar-refractivity contribution in [3.63, 3.8) is 0 Å². The topological polar surface area (TPSA) is 86.2 Å². The second-order valence-corrected chi connectivity index (χ2v) is 5.76. The van der Waals surface area contributed by atoms with Gasteiger partial charge in [-0.15, -0.1) is 0 Å². The summed E-state index contributed by atoms with van der Waals surface area (Å²) in [5.41, 5.74) is 4.90. The van der Waals surface area contributed by atoms with E-state index in [1.807, 2.05) is 23.5 Å². The number of rotatable bonds is 3. The highest BCUT2D eigenvalue weighted by Gasteiger charge is 2.18. The molecule has 0 saturated heterocycles. The van der Waals surface area contributed by atoms with E-state index in [2.05, 4.69) is 16.9 Å². The van der Waals surface area contributed by atoms with Crippen molar-refractivity contribution in [2.75, 3.05) is 0 Å². The van der Waals surface area contributed by atoms with Crippen LogP contribution in [0.15, 0.2) is 42.6 Å². The van der Waals surface area contributed by atoms with E-state index in [1.165, 1.54) is 12.1 Å². The normalized spacial score (nSPS) is 11.3. The predicted molar refractivity (Wildman–Crippen MR) is 94.5 cm³/mol. The number of aryl methyl sites for hydroxylation is 2. The number of nitro benzene ring substituents is 1. The highest BCUT2D eigenvalue weighted by molar-refractivity contribution is 5.87. The fourth-order valence-electron chi connectivity index (χ4n) is 3.09. The lowest BCUT2D eigenvalue weighted by Crippen LogP contribution is -2.01. The van der Waals surface area contributed by atoms with E-state index in [0.717, 1.165) is 45.9 Å². The highest BCUT2D eigenvalue weighted by Crippen LogP contribution is 2.30. The van der Waals surface area contributed by atoms with Crippen LogP contribution < -0.4 is 0 Å². The van der Waals surface area contributed by atoms with E-state index >= 15 is 0 Å². The standard InChI is InChI=1S/C18H15N5O2/c1-3-15-20-11(2)17-16(12-6-8-13(9-7-12)23(24)25)21-14-5-4-10-19-18(14)22(15)17/h4-10H,3H2,1-2H3. The molecule has 25 heavy (non-hydrogen) atoms. The maximum Gasteiger partial charge on any atom is 0.269 e. The first kappa shape index (κ1) is 15.2. The van der Waals surface area contributed by atoms with E-state index < -0.39 is 4.92 Å². The summed E-state index contributed by atoms with van der Waals surface area (Å²) in [6.07, 6.45) is 2.51. The van der Waals surface area contributed by atoms with Gasteiger partial charge in [0.2, 0.25) is 0 Å². The first-order valence-electron chi connectivity index (χ1n) is 7.97. The molecule has 0 N–H and O–H groups in total. The van der Waals surface area contributed by atoms with Gasteiger partial charge in [0.05, 0.1) is 21.8 Å². The molecule has 0 radical (unpaired) electrons. The number of non-ortho nitro benzene ring substituents is 1. The molecule has 7 nitrogen and oxygen atoms in total. The van der Waals surface area contributed by atoms with Crippen molar-refractivity contribution in [1.82, 2.24) is 19.4 Å². The number of nitro groups is 1. The summed E-state index contributed by atoms with van der Waals surface area (Å²) >= 11 is 0. The number of imidazole rings is 1. The lowest BCUT2D eigenvalue weighted by atomic mass is 10.1. The Morgan fingerprint density at radius 3 is 2.60 bits per heavy atom. The number of pyridine rings is 1. The highest BCUT2D eigenvalue weighted by atomic mass is 16.6. The molecule has 0 bridgehead atoms. The largest absolute Gasteiger partial charge is 0.277 e. The zero-order valence-electron chi connectivity index (χ0n) is 13.8. The van der Waals surface area contributed by atoms with Crippen LogP contribution in [0.1, 0.15) is 18.4 Å². The van der Waals surface area contributed by atoms with Gasteiger partial charge in [0, 0.05) is 30.3 Å². The molecule has 3 heterocycles. The number of nitrogens with zero attached hydrogens (tertiary/aromatic N) is 5. The van der Waals surface area contributed by atoms with E-state index in [9.17, 15) is 10.1 Å². The molecule has 0 aliphatic carbocycles. The molecule has 7 heteroatoms. The second-order valence-electron chi connectivity index (χ2n) is 5.76. The maximum absolute atomic E-state index is 10.9. The smallest absolute Gasteiger partial charge is 0.269 e. The minimum Gasteiger partial charge on any atom is -0.277 e. The van der Waals surface area contributed by atoms with Crippen LogP contribution in [-0.2, 0) is 6.42 Å². The Labute approximate surface area is 143 Å². The van der Waals surface area contributed by atoms with E-state index in [4.69, 9.17) is 4.98 Å². The number of aromatic nitrogens is 4. The van der Waals surface area contributed by atoms with Crippen LogP contribution in [0.3, 0.4) is 0 Å². The molecule has 0 amide bonds. The average molecular weight is 333 g/mol. The summed E-state index contributed by atoms with van der Waals surface area (Å²) in [5, 5.41) is 10.9. The summed E-state index contributed by atoms with van der Waals surface area (Å²) in [4.78, 5) is 24.4. The van der Waals surface area contributed by atoms with Gasteiger partial charge in [-0.1, -0.05) is 6.92 Å². The Balaban J connectivity index is 2.08. The van der Waals surface area contributed by atoms with Crippen molar-refractivity contribution in [1.29, 1.82) is 0 Å². The van der Waals surface area contributed by atoms with Gasteiger partial charge >= 0.3 is 0 Å². The van der Waals surface area contributed by atoms with Gasteiger partial charge in [-0.2, -0.15) is 0 Å². The van der Waals surface area contributed by atoms with Crippen LogP contribution >= 0.6 is 0 Å². The molecular formula is C18H15N5O2. The van der Waals surface area contributed by atoms with Crippen molar-refractivity contribution < 1.29 is 4.92 Å². The van der Waals surface area contributed by atoms with Crippen molar-refractivity contribution in [3.05, 3.63) is 64.2 Å². The molecule has 0 spiro atoms. The van der Waals surface area contributed by atoms with E-state index in [0.29, 0.717) is 0 Å². The number of fused-ring (bicyclic) bond motifs is 3. The van der Waals surface area contributed by atoms with E-state index in [1.54, 1.807) is 18.3 Å². The maximum atomic E-state index is 10.9. The van der Waals surface area contributed by atoms with Crippen LogP contribution in [0.25, 0.3) is 27.9 Å². The van der Waals surface area contributed by atoms with Gasteiger partial charge in [0.15, 0.2) is 5.65 Å². The first-order valence-corrected chi connectivity index (χ1v) is 7.97. The monoisotopic (exact) mass is 333 g/mol. The first-order chi connectivity index (χ1) is 12.1. The molecule has 0 unspecified atom stereocenters. The molecular weight excluding hydrogens is 318 g/mol. The van der Waals surface area contributed by atoms with Crippen LogP contribution in [0.2, 0.25) is 0 Å². The predicted octanol–water partition coefficient (Wildman–Crippen LogP) is 3.72. The fraction of sp³-hybridized carbons (Fsp3) is 0.167. The van der Waals surface area contributed by atoms with E-state index in [-0.39, 0.29) is 5.69 Å². The Bertz CT molecular complexity index is 1120. The minimum absolute atomic E-state index is 0.0571. The van der Waals surface area contributed by atoms with Crippen molar-refractivity contribution >= 4 is 22.4 Å². The Kier molecular flexibility index (Phi) is 3.42. The Morgan fingerprint density at radius 1 is 1.16 bits per heavy atom. The van der Waals surface area contributed by atoms with Gasteiger partial charge < -0.3 is 0 Å². The van der Waals surface area contributed by atoms with Crippen molar-refractivity contribution in [3.8, 4) is 11.3 Å². The average Bonchev–Trinajstić information content (AvgIpc) is 2.98. The molecule has 1 aromatic carbocycles. The molecule has 0 fully saturated rings. The molecule has 4 aromatic rings. The fourth-order valence-corrected chi connectivity index (χ4v) is 3.09. The van der Waals surface area contributed by atoms with Crippen LogP contribution in [0, 0.1) is 17.0 Å². The second kappa shape index (κ2) is 5.62. The van der Waals surface area contributed by atoms with Crippen molar-refractivity contribution in [2.24, 2.45) is 0 Å². The van der Waals surface area contributed by atoms with Gasteiger partial charge in [0.25, 0.3) is 5.69 Å². The third-order valence-corrected chi connectivity index (χ3v) is 4.22. The number of hydrogen-bond acceptors (Lipinski definition) is 5. The SMILES string of the molecule is CCc1nc(C)c2c(-c3ccc([N+](=O)[O-])cc3)nc3cccnc3n12. The third-order valence-electron chi connectivity index (χ3n) is 4.22. The zero-order valence-corrected chi connectivity index (χ0v) is 13.8. The van der Waals surface area contributed by atoms with Gasteiger partial charge in [-0.3, -0.25) is 14.5 Å². The molecule has 0 atom stereocenters. The van der Waals surface area contributed by atoms with Crippen molar-refractivity contribution in [2.45, 2.75) is 20.3 Å². The summed E-state index contributed by atoms with van der Waals surface area (Å²) in [5.74, 6) is 0.918. The van der Waals surface area contributed by atoms with Gasteiger partial charge in [-0.05, 0) is 31.2 Å². The summed E-state index contributed by atoms with van der Waals surface area (Å²) in [6, 6.07) is 10.2. The number of hydrogen-bond donors (Lipinski definition) is 0. The van der Waals surface area contributed by atoms with Gasteiger partial charge in [-0.25, -0.2) is 15.0 Å². The zero-order chi connectivity index (χ0) is 17.6. The lowest BCUT2D eigenvalue weighted by molar-refractivity contribution is -0.384. The van der Waals surface area contributed by atoms with Gasteiger partial charge in [0.1, 0.15) is 11.3 Å². The third kappa shape index (κ3) is 2.32. The number of benzene rings is 1. The Morgan fingerprint density at radius 2 is 1.92 bits per heavy atom. The molecule has 3 aromatic heterocycles. The molecule has 0 saturated carbocycles. The summed E-state index contributed by atoms with van der Waals surface area (Å²) in [7, 11) is 0. The Hall–Kier alpha value is -3.35. The molecule has 0 aliphatic heterocycles. The summed E-state index contributed by atoms with van der Waals surface area (Å²) < 4.78 is 2.04. The molecule has 124 valence electrons. The molecule has 0 aliphatic rings. The summed E-state index contributed by atoms with van der Waals surface area (Å²) in [6.45, 7) is 3.99. The minimum atomic E-state index is -0.406. The van der Waals surface area contributed by atoms with Crippen LogP contribution in [0.5, 0.6) is 0 Å². The van der Waals surface area contributed by atoms with Crippen LogP contribution in [-0.4, -0.2) is 24.3 Å². The molecule has 4 rings (SSSR count). The van der Waals surface area contributed by atoms with Crippen LogP contribution in [0.4, 0.5) is 5.69 Å². The lowest BCUT2D eigenvalue weighted by Gasteiger charge is -2.09.